The van der Waals surface area contributed by atoms with Crippen LogP contribution in [0.25, 0.3) is 10.1 Å². The number of hydrogen-bond acceptors (Lipinski definition) is 11. The fourth-order valence-electron chi connectivity index (χ4n) is 9.56. The lowest BCUT2D eigenvalue weighted by Gasteiger charge is -2.35. The van der Waals surface area contributed by atoms with Gasteiger partial charge in [0.25, 0.3) is 5.91 Å². The molecule has 63 heavy (non-hydrogen) atoms. The van der Waals surface area contributed by atoms with E-state index in [1.165, 1.54) is 38.5 Å². The smallest absolute Gasteiger partial charge is 0.355 e. The van der Waals surface area contributed by atoms with Crippen molar-refractivity contribution in [3.8, 4) is 11.8 Å². The number of fused-ring (bicyclic) bond motifs is 2. The van der Waals surface area contributed by atoms with Gasteiger partial charge in [-0.1, -0.05) is 54.6 Å². The number of methoxy groups -OCH3 is 2. The van der Waals surface area contributed by atoms with Crippen LogP contribution in [0.5, 0.6) is 5.75 Å². The first-order valence-corrected chi connectivity index (χ1v) is 23.8. The van der Waals surface area contributed by atoms with E-state index < -0.39 is 49.0 Å². The quantitative estimate of drug-likeness (QED) is 0.0682. The number of halogens is 1. The molecule has 3 saturated heterocycles. The highest BCUT2D eigenvalue weighted by molar-refractivity contribution is 7.57. The molecular weight excluding hydrogens is 849 g/mol. The lowest BCUT2D eigenvalue weighted by molar-refractivity contribution is -0.148. The number of nitrogens with zero attached hydrogens (tertiary/aromatic N) is 3. The SMILES string of the molecule is COCCOC(=O)[C@H](COC)NP(=O)(Oc1ccccc1)[C@H](F)c1ccc2sc(C(=O)N[C@H]3CCC[C@H]4CC[C@@H](C(=O)N5C[C@H](c6ccccc6)[C@@H](C#N)C56CC6)N4C3=O)cc2c1. The number of thiophene rings is 1. The third kappa shape index (κ3) is 8.99. The summed E-state index contributed by atoms with van der Waals surface area (Å²) in [7, 11) is -1.82. The summed E-state index contributed by atoms with van der Waals surface area (Å²) >= 11 is 1.16. The molecular formula is C46H51FN5O9PS. The van der Waals surface area contributed by atoms with E-state index in [-0.39, 0.29) is 65.7 Å². The molecule has 4 aliphatic rings. The van der Waals surface area contributed by atoms with E-state index >= 15 is 4.39 Å². The summed E-state index contributed by atoms with van der Waals surface area (Å²) in [4.78, 5) is 59.7. The van der Waals surface area contributed by atoms with Crippen LogP contribution < -0.4 is 14.9 Å². The number of carbonyl (C=O) groups excluding carboxylic acids is 4. The van der Waals surface area contributed by atoms with Crippen LogP contribution in [0.4, 0.5) is 4.39 Å². The number of rotatable bonds is 16. The van der Waals surface area contributed by atoms with Gasteiger partial charge in [-0.25, -0.2) is 9.48 Å². The van der Waals surface area contributed by atoms with E-state index in [1.54, 1.807) is 35.2 Å². The largest absolute Gasteiger partial charge is 0.462 e. The van der Waals surface area contributed by atoms with Gasteiger partial charge >= 0.3 is 13.5 Å². The number of hydrogen-bond donors (Lipinski definition) is 2. The fourth-order valence-corrected chi connectivity index (χ4v) is 12.4. The average molecular weight is 900 g/mol. The van der Waals surface area contributed by atoms with Crippen molar-refractivity contribution >= 4 is 52.6 Å². The zero-order valence-electron chi connectivity index (χ0n) is 35.2. The number of carbonyl (C=O) groups is 4. The van der Waals surface area contributed by atoms with E-state index in [0.717, 1.165) is 29.7 Å². The molecule has 1 unspecified atom stereocenters. The van der Waals surface area contributed by atoms with Gasteiger partial charge in [-0.2, -0.15) is 5.26 Å². The Kier molecular flexibility index (Phi) is 13.3. The van der Waals surface area contributed by atoms with E-state index in [9.17, 15) is 29.0 Å². The summed E-state index contributed by atoms with van der Waals surface area (Å²) in [6.07, 6.45) is 4.52. The summed E-state index contributed by atoms with van der Waals surface area (Å²) in [6, 6.07) is 23.5. The minimum atomic E-state index is -4.60. The third-order valence-corrected chi connectivity index (χ3v) is 15.9. The van der Waals surface area contributed by atoms with Crippen molar-refractivity contribution in [3.63, 3.8) is 0 Å². The lowest BCUT2D eigenvalue weighted by Crippen LogP contribution is -2.56. The van der Waals surface area contributed by atoms with E-state index in [1.807, 2.05) is 35.2 Å². The highest BCUT2D eigenvalue weighted by Gasteiger charge is 2.64. The number of para-hydroxylation sites is 1. The number of nitrogens with one attached hydrogen (secondary N) is 2. The molecule has 1 saturated carbocycles. The number of amides is 3. The molecule has 4 fully saturated rings. The Bertz CT molecular complexity index is 2410. The molecule has 17 heteroatoms. The molecule has 8 atom stereocenters. The standard InChI is InChI=1S/C46H51FN5O9PS/c1-58-22-23-60-45(56)37(28-59-2)50-62(57,61-33-13-7-4-8-14-33)41(47)30-16-19-39-31(24-30)25-40(63-39)42(53)49-36-15-9-12-32-17-18-38(52(32)43(36)54)44(55)51-27-34(29-10-5-3-6-11-29)35(26-48)46(51)20-21-46/h3-8,10-11,13-14,16,19,24-25,32,34-38,41H,9,12,15,17-18,20-23,27-28H2,1-2H3,(H,49,53)(H,50,57)/t32-,34+,35+,36-,37-,38-,41-,62?/m0/s1. The summed E-state index contributed by atoms with van der Waals surface area (Å²) in [5.41, 5.74) is 0.479. The molecule has 332 valence electrons. The first kappa shape index (κ1) is 44.4. The molecule has 14 nitrogen and oxygen atoms in total. The molecule has 4 heterocycles. The van der Waals surface area contributed by atoms with Gasteiger partial charge in [0.05, 0.1) is 35.6 Å². The maximum atomic E-state index is 16.8. The Labute approximate surface area is 369 Å². The number of nitriles is 1. The van der Waals surface area contributed by atoms with Crippen LogP contribution in [-0.4, -0.2) is 104 Å². The third-order valence-electron chi connectivity index (χ3n) is 12.8. The summed E-state index contributed by atoms with van der Waals surface area (Å²) < 4.78 is 53.1. The van der Waals surface area contributed by atoms with Gasteiger partial charge in [0.1, 0.15) is 30.5 Å². The van der Waals surface area contributed by atoms with Gasteiger partial charge < -0.3 is 33.9 Å². The van der Waals surface area contributed by atoms with Crippen molar-refractivity contribution in [2.24, 2.45) is 5.92 Å². The van der Waals surface area contributed by atoms with Crippen molar-refractivity contribution in [2.45, 2.75) is 86.5 Å². The molecule has 1 aromatic heterocycles. The lowest BCUT2D eigenvalue weighted by atomic mass is 9.85. The predicted octanol–water partition coefficient (Wildman–Crippen LogP) is 6.88. The molecule has 2 N–H and O–H groups in total. The molecule has 3 aliphatic heterocycles. The molecule has 0 bridgehead atoms. The van der Waals surface area contributed by atoms with Crippen molar-refractivity contribution in [3.05, 3.63) is 101 Å². The second-order valence-corrected chi connectivity index (χ2v) is 19.8. The maximum absolute atomic E-state index is 16.8. The zero-order chi connectivity index (χ0) is 44.3. The second-order valence-electron chi connectivity index (χ2n) is 16.7. The molecule has 4 aromatic rings. The van der Waals surface area contributed by atoms with Crippen LogP contribution in [0.1, 0.15) is 77.6 Å². The average Bonchev–Trinajstić information content (AvgIpc) is 3.66. The van der Waals surface area contributed by atoms with Crippen LogP contribution in [-0.2, 0) is 33.2 Å². The molecule has 8 rings (SSSR count). The number of ether oxygens (including phenoxy) is 3. The van der Waals surface area contributed by atoms with Gasteiger partial charge in [-0.3, -0.25) is 23.7 Å². The molecule has 1 aliphatic carbocycles. The molecule has 3 aromatic carbocycles. The Hall–Kier alpha value is -5.17. The van der Waals surface area contributed by atoms with E-state index in [2.05, 4.69) is 16.5 Å². The van der Waals surface area contributed by atoms with Gasteiger partial charge in [-0.15, -0.1) is 11.3 Å². The monoisotopic (exact) mass is 899 g/mol. The second kappa shape index (κ2) is 18.9. The Morgan fingerprint density at radius 3 is 2.41 bits per heavy atom. The van der Waals surface area contributed by atoms with Crippen molar-refractivity contribution in [1.29, 1.82) is 5.26 Å². The number of likely N-dealkylation sites (tertiary alicyclic amines) is 1. The Balaban J connectivity index is 0.984. The van der Waals surface area contributed by atoms with Crippen LogP contribution in [0, 0.1) is 17.2 Å². The summed E-state index contributed by atoms with van der Waals surface area (Å²) in [6.45, 7) is 0.166. The van der Waals surface area contributed by atoms with Gasteiger partial charge in [-0.05, 0) is 91.8 Å². The highest BCUT2D eigenvalue weighted by atomic mass is 32.1. The first-order valence-electron chi connectivity index (χ1n) is 21.3. The van der Waals surface area contributed by atoms with Crippen LogP contribution >= 0.6 is 18.9 Å². The van der Waals surface area contributed by atoms with Crippen LogP contribution in [0.2, 0.25) is 0 Å². The Morgan fingerprint density at radius 2 is 1.71 bits per heavy atom. The minimum absolute atomic E-state index is 0.0279. The van der Waals surface area contributed by atoms with E-state index in [0.29, 0.717) is 48.7 Å². The van der Waals surface area contributed by atoms with Crippen LogP contribution in [0.15, 0.2) is 84.9 Å². The zero-order valence-corrected chi connectivity index (χ0v) is 36.9. The molecule has 1 spiro atoms. The topological polar surface area (TPSA) is 177 Å². The Morgan fingerprint density at radius 1 is 0.968 bits per heavy atom. The van der Waals surface area contributed by atoms with Crippen molar-refractivity contribution in [1.82, 2.24) is 20.2 Å². The van der Waals surface area contributed by atoms with Crippen molar-refractivity contribution in [2.75, 3.05) is 40.6 Å². The normalized spacial score (nSPS) is 24.5. The number of esters is 1. The number of benzene rings is 3. The van der Waals surface area contributed by atoms with Gasteiger partial charge in [0.2, 0.25) is 17.7 Å². The fraction of sp³-hybridized carbons (Fsp3) is 0.457. The predicted molar refractivity (Wildman–Crippen MR) is 233 cm³/mol. The first-order chi connectivity index (χ1) is 30.5. The summed E-state index contributed by atoms with van der Waals surface area (Å²) in [5, 5.41) is 16.3. The number of alkyl halides is 1. The van der Waals surface area contributed by atoms with Gasteiger partial charge in [0, 0.05) is 37.4 Å². The maximum Gasteiger partial charge on any atom is 0.355 e. The van der Waals surface area contributed by atoms with Gasteiger partial charge in [0.15, 0.2) is 0 Å². The van der Waals surface area contributed by atoms with E-state index in [4.69, 9.17) is 18.7 Å². The molecule has 0 radical (unpaired) electrons. The van der Waals surface area contributed by atoms with Crippen LogP contribution in [0.3, 0.4) is 0 Å². The van der Waals surface area contributed by atoms with Crippen molar-refractivity contribution < 1.29 is 46.9 Å². The molecule has 3 amide bonds. The highest BCUT2D eigenvalue weighted by Crippen LogP contribution is 2.59. The summed E-state index contributed by atoms with van der Waals surface area (Å²) in [5.74, 6) is -4.34. The minimum Gasteiger partial charge on any atom is -0.462 e.